The Bertz CT molecular complexity index is 865. The molecule has 1 N–H and O–H groups in total. The molecule has 0 radical (unpaired) electrons. The molecule has 100 valence electrons. The topological polar surface area (TPSA) is 88.5 Å². The first-order valence-electron chi connectivity index (χ1n) is 5.69. The summed E-state index contributed by atoms with van der Waals surface area (Å²) in [4.78, 5) is 22.9. The maximum Gasteiger partial charge on any atom is 0.337 e. The van der Waals surface area contributed by atoms with Crippen molar-refractivity contribution in [1.82, 2.24) is 0 Å². The number of hydrogen-bond acceptors (Lipinski definition) is 4. The van der Waals surface area contributed by atoms with E-state index in [9.17, 15) is 18.0 Å². The third-order valence-corrected chi connectivity index (χ3v) is 5.09. The zero-order valence-corrected chi connectivity index (χ0v) is 10.8. The van der Waals surface area contributed by atoms with Crippen LogP contribution in [0.3, 0.4) is 0 Å². The molecule has 3 rings (SSSR count). The Labute approximate surface area is 114 Å². The van der Waals surface area contributed by atoms with E-state index in [2.05, 4.69) is 0 Å². The molecule has 6 heteroatoms. The third-order valence-electron chi connectivity index (χ3n) is 3.18. The lowest BCUT2D eigenvalue weighted by atomic mass is 10.0. The van der Waals surface area contributed by atoms with Crippen molar-refractivity contribution in [2.75, 3.05) is 0 Å². The van der Waals surface area contributed by atoms with Crippen molar-refractivity contribution < 1.29 is 23.1 Å². The van der Waals surface area contributed by atoms with Crippen LogP contribution in [0, 0.1) is 0 Å². The van der Waals surface area contributed by atoms with Crippen LogP contribution in [-0.2, 0) is 9.84 Å². The van der Waals surface area contributed by atoms with E-state index in [-0.39, 0.29) is 21.6 Å². The lowest BCUT2D eigenvalue weighted by Crippen LogP contribution is -2.23. The summed E-state index contributed by atoms with van der Waals surface area (Å²) in [6, 6.07) is 9.67. The third kappa shape index (κ3) is 1.51. The average molecular weight is 288 g/mol. The van der Waals surface area contributed by atoms with Crippen LogP contribution in [0.4, 0.5) is 0 Å². The van der Waals surface area contributed by atoms with Crippen molar-refractivity contribution in [3.05, 3.63) is 59.2 Å². The first-order chi connectivity index (χ1) is 9.44. The van der Waals surface area contributed by atoms with Gasteiger partial charge in [0.05, 0.1) is 15.4 Å². The van der Waals surface area contributed by atoms with Gasteiger partial charge in [-0.2, -0.15) is 0 Å². The number of carboxylic acids is 1. The molecule has 0 bridgehead atoms. The summed E-state index contributed by atoms with van der Waals surface area (Å²) >= 11 is 0. The van der Waals surface area contributed by atoms with Gasteiger partial charge in [-0.3, -0.25) is 4.79 Å². The van der Waals surface area contributed by atoms with Crippen LogP contribution < -0.4 is 0 Å². The van der Waals surface area contributed by atoms with Gasteiger partial charge >= 0.3 is 5.97 Å². The van der Waals surface area contributed by atoms with Gasteiger partial charge in [0.15, 0.2) is 5.78 Å². The van der Waals surface area contributed by atoms with E-state index in [0.29, 0.717) is 0 Å². The Morgan fingerprint density at radius 2 is 1.60 bits per heavy atom. The molecule has 1 aliphatic heterocycles. The van der Waals surface area contributed by atoms with Gasteiger partial charge in [0.25, 0.3) is 0 Å². The molecule has 2 aromatic rings. The highest BCUT2D eigenvalue weighted by molar-refractivity contribution is 7.92. The van der Waals surface area contributed by atoms with Gasteiger partial charge in [0, 0.05) is 11.1 Å². The van der Waals surface area contributed by atoms with Gasteiger partial charge in [0.1, 0.15) is 0 Å². The lowest BCUT2D eigenvalue weighted by molar-refractivity contribution is 0.0692. The Kier molecular flexibility index (Phi) is 2.52. The molecule has 0 fully saturated rings. The van der Waals surface area contributed by atoms with Crippen LogP contribution in [0.2, 0.25) is 0 Å². The molecular weight excluding hydrogens is 280 g/mol. The summed E-state index contributed by atoms with van der Waals surface area (Å²) in [6.45, 7) is 0. The fraction of sp³-hybridized carbons (Fsp3) is 0. The number of carbonyl (C=O) groups is 2. The maximum atomic E-state index is 12.6. The Morgan fingerprint density at radius 3 is 2.30 bits per heavy atom. The monoisotopic (exact) mass is 288 g/mol. The average Bonchev–Trinajstić information content (AvgIpc) is 2.44. The maximum absolute atomic E-state index is 12.6. The number of aromatic carboxylic acids is 1. The molecule has 20 heavy (non-hydrogen) atoms. The van der Waals surface area contributed by atoms with Gasteiger partial charge in [-0.05, 0) is 24.3 Å². The number of rotatable bonds is 1. The normalized spacial score (nSPS) is 15.3. The molecule has 5 nitrogen and oxygen atoms in total. The summed E-state index contributed by atoms with van der Waals surface area (Å²) < 4.78 is 25.1. The minimum Gasteiger partial charge on any atom is -0.478 e. The smallest absolute Gasteiger partial charge is 0.337 e. The van der Waals surface area contributed by atoms with E-state index < -0.39 is 26.5 Å². The molecule has 0 atom stereocenters. The van der Waals surface area contributed by atoms with Gasteiger partial charge < -0.3 is 5.11 Å². The van der Waals surface area contributed by atoms with Crippen molar-refractivity contribution in [2.45, 2.75) is 9.79 Å². The highest BCUT2D eigenvalue weighted by Gasteiger charge is 2.37. The molecule has 2 aromatic carbocycles. The zero-order valence-electron chi connectivity index (χ0n) is 10.0. The van der Waals surface area contributed by atoms with Gasteiger partial charge in [-0.25, -0.2) is 13.2 Å². The quantitative estimate of drug-likeness (QED) is 0.737. The number of benzene rings is 2. The number of sulfone groups is 1. The summed E-state index contributed by atoms with van der Waals surface area (Å²) in [5.41, 5.74) is -0.406. The molecule has 1 aliphatic rings. The Balaban J connectivity index is 2.48. The summed E-state index contributed by atoms with van der Waals surface area (Å²) in [6.07, 6.45) is 0. The summed E-state index contributed by atoms with van der Waals surface area (Å²) in [7, 11) is -4.01. The van der Waals surface area contributed by atoms with Gasteiger partial charge in [-0.15, -0.1) is 0 Å². The molecule has 0 aliphatic carbocycles. The van der Waals surface area contributed by atoms with E-state index in [1.54, 1.807) is 6.07 Å². The predicted octanol–water partition coefficient (Wildman–Crippen LogP) is 1.76. The first-order valence-corrected chi connectivity index (χ1v) is 7.18. The van der Waals surface area contributed by atoms with Crippen LogP contribution in [0.5, 0.6) is 0 Å². The van der Waals surface area contributed by atoms with Crippen molar-refractivity contribution in [3.63, 3.8) is 0 Å². The highest BCUT2D eigenvalue weighted by atomic mass is 32.2. The van der Waals surface area contributed by atoms with E-state index in [1.165, 1.54) is 36.4 Å². The number of fused-ring (bicyclic) bond motifs is 2. The molecule has 1 heterocycles. The summed E-state index contributed by atoms with van der Waals surface area (Å²) in [5, 5.41) is 9.13. The van der Waals surface area contributed by atoms with Gasteiger partial charge in [-0.1, -0.05) is 18.2 Å². The van der Waals surface area contributed by atoms with E-state index in [0.717, 1.165) is 0 Å². The second-order valence-corrected chi connectivity index (χ2v) is 6.17. The Hall–Kier alpha value is -2.47. The van der Waals surface area contributed by atoms with Crippen LogP contribution in [0.1, 0.15) is 26.3 Å². The molecule has 0 spiro atoms. The van der Waals surface area contributed by atoms with E-state index in [1.807, 2.05) is 0 Å². The standard InChI is InChI=1S/C14H8O5S/c15-12-8-4-1-2-7-11(8)20(18,19)13-9(12)5-3-6-10(13)14(16)17/h1-7H,(H,16,17). The molecule has 0 unspecified atom stereocenters. The van der Waals surface area contributed by atoms with Crippen LogP contribution >= 0.6 is 0 Å². The molecule has 0 saturated heterocycles. The predicted molar refractivity (Wildman–Crippen MR) is 68.7 cm³/mol. The van der Waals surface area contributed by atoms with Crippen molar-refractivity contribution in [3.8, 4) is 0 Å². The van der Waals surface area contributed by atoms with Crippen molar-refractivity contribution in [1.29, 1.82) is 0 Å². The second kappa shape index (κ2) is 4.01. The summed E-state index contributed by atoms with van der Waals surface area (Å²) in [5.74, 6) is -1.86. The SMILES string of the molecule is O=C(O)c1cccc2c1S(=O)(=O)c1ccccc1C2=O. The number of carboxylic acid groups (broad SMARTS) is 1. The fourth-order valence-electron chi connectivity index (χ4n) is 2.32. The molecular formula is C14H8O5S. The fourth-order valence-corrected chi connectivity index (χ4v) is 4.14. The minimum absolute atomic E-state index is 0.0718. The first kappa shape index (κ1) is 12.6. The number of carbonyl (C=O) groups excluding carboxylic acids is 1. The van der Waals surface area contributed by atoms with Crippen LogP contribution in [0.25, 0.3) is 0 Å². The van der Waals surface area contributed by atoms with Crippen LogP contribution in [-0.4, -0.2) is 25.3 Å². The number of ketones is 1. The van der Waals surface area contributed by atoms with Crippen molar-refractivity contribution in [2.24, 2.45) is 0 Å². The van der Waals surface area contributed by atoms with Crippen molar-refractivity contribution >= 4 is 21.6 Å². The molecule has 0 aromatic heterocycles. The van der Waals surface area contributed by atoms with E-state index in [4.69, 9.17) is 5.11 Å². The largest absolute Gasteiger partial charge is 0.478 e. The number of hydrogen-bond donors (Lipinski definition) is 1. The molecule has 0 amide bonds. The second-order valence-electron chi connectivity index (χ2n) is 4.32. The minimum atomic E-state index is -4.01. The Morgan fingerprint density at radius 1 is 0.950 bits per heavy atom. The van der Waals surface area contributed by atoms with E-state index >= 15 is 0 Å². The lowest BCUT2D eigenvalue weighted by Gasteiger charge is -2.19. The highest BCUT2D eigenvalue weighted by Crippen LogP contribution is 2.36. The molecule has 0 saturated carbocycles. The van der Waals surface area contributed by atoms with Crippen LogP contribution in [0.15, 0.2) is 52.3 Å². The zero-order chi connectivity index (χ0) is 14.5. The van der Waals surface area contributed by atoms with Gasteiger partial charge in [0.2, 0.25) is 9.84 Å².